The molecule has 0 fully saturated rings. The third-order valence-corrected chi connectivity index (χ3v) is 3.61. The predicted molar refractivity (Wildman–Crippen MR) is 77.3 cm³/mol. The predicted octanol–water partition coefficient (Wildman–Crippen LogP) is 2.38. The Balaban J connectivity index is 2.53. The Hall–Kier alpha value is -1.40. The van der Waals surface area contributed by atoms with Crippen LogP contribution in [0.2, 0.25) is 0 Å². The molecule has 2 heterocycles. The molecule has 0 aliphatic rings. The number of halogens is 1. The van der Waals surface area contributed by atoms with Crippen LogP contribution in [0.4, 0.5) is 0 Å². The Bertz CT molecular complexity index is 555. The Morgan fingerprint density at radius 1 is 1.53 bits per heavy atom. The summed E-state index contributed by atoms with van der Waals surface area (Å²) >= 11 is 3.56. The highest BCUT2D eigenvalue weighted by molar-refractivity contribution is 9.10. The molecule has 0 aliphatic carbocycles. The van der Waals surface area contributed by atoms with E-state index in [4.69, 9.17) is 4.74 Å². The zero-order chi connectivity index (χ0) is 13.8. The van der Waals surface area contributed by atoms with Gasteiger partial charge in [-0.15, -0.1) is 0 Å². The van der Waals surface area contributed by atoms with Gasteiger partial charge in [-0.1, -0.05) is 6.07 Å². The van der Waals surface area contributed by atoms with Gasteiger partial charge in [0.25, 0.3) is 0 Å². The van der Waals surface area contributed by atoms with Crippen molar-refractivity contribution >= 4 is 15.9 Å². The third kappa shape index (κ3) is 2.64. The number of ether oxygens (including phenoxy) is 1. The molecule has 0 spiro atoms. The number of hydrogen-bond acceptors (Lipinski definition) is 4. The molecule has 0 aliphatic heterocycles. The molecule has 1 unspecified atom stereocenters. The highest BCUT2D eigenvalue weighted by Crippen LogP contribution is 2.32. The maximum absolute atomic E-state index is 5.34. The zero-order valence-electron chi connectivity index (χ0n) is 11.2. The fourth-order valence-electron chi connectivity index (χ4n) is 2.14. The molecule has 19 heavy (non-hydrogen) atoms. The minimum atomic E-state index is -0.0273. The molecule has 0 saturated carbocycles. The normalized spacial score (nSPS) is 12.4. The lowest BCUT2D eigenvalue weighted by Gasteiger charge is -2.20. The minimum Gasteiger partial charge on any atom is -0.481 e. The average molecular weight is 325 g/mol. The van der Waals surface area contributed by atoms with Gasteiger partial charge < -0.3 is 10.1 Å². The summed E-state index contributed by atoms with van der Waals surface area (Å²) in [7, 11) is 3.54. The molecule has 0 radical (unpaired) electrons. The fourth-order valence-corrected chi connectivity index (χ4v) is 2.67. The zero-order valence-corrected chi connectivity index (χ0v) is 12.8. The van der Waals surface area contributed by atoms with Gasteiger partial charge in [0, 0.05) is 18.3 Å². The number of nitrogens with zero attached hydrogens (tertiary/aromatic N) is 3. The molecule has 0 aromatic carbocycles. The molecule has 0 bridgehead atoms. The van der Waals surface area contributed by atoms with Gasteiger partial charge in [-0.25, -0.2) is 4.98 Å². The SMILES string of the molecule is CCn1ncc(Br)c1C(NC)c1cccnc1OC. The second kappa shape index (κ2) is 6.16. The Kier molecular flexibility index (Phi) is 4.55. The largest absolute Gasteiger partial charge is 0.481 e. The molecular formula is C13H17BrN4O. The summed E-state index contributed by atoms with van der Waals surface area (Å²) in [5.74, 6) is 0.623. The molecular weight excluding hydrogens is 308 g/mol. The first-order valence-corrected chi connectivity index (χ1v) is 6.89. The number of rotatable bonds is 5. The highest BCUT2D eigenvalue weighted by atomic mass is 79.9. The number of pyridine rings is 1. The van der Waals surface area contributed by atoms with Crippen molar-refractivity contribution in [1.82, 2.24) is 20.1 Å². The summed E-state index contributed by atoms with van der Waals surface area (Å²) in [4.78, 5) is 4.25. The Morgan fingerprint density at radius 2 is 2.32 bits per heavy atom. The first-order chi connectivity index (χ1) is 9.22. The van der Waals surface area contributed by atoms with Crippen molar-refractivity contribution in [3.63, 3.8) is 0 Å². The summed E-state index contributed by atoms with van der Waals surface area (Å²) in [5.41, 5.74) is 2.06. The summed E-state index contributed by atoms with van der Waals surface area (Å²) < 4.78 is 8.27. The molecule has 0 saturated heterocycles. The van der Waals surface area contributed by atoms with Crippen molar-refractivity contribution in [3.8, 4) is 5.88 Å². The van der Waals surface area contributed by atoms with Crippen molar-refractivity contribution in [2.24, 2.45) is 0 Å². The highest BCUT2D eigenvalue weighted by Gasteiger charge is 2.23. The van der Waals surface area contributed by atoms with Crippen LogP contribution in [-0.2, 0) is 6.54 Å². The van der Waals surface area contributed by atoms with Crippen molar-refractivity contribution in [3.05, 3.63) is 40.3 Å². The lowest BCUT2D eigenvalue weighted by molar-refractivity contribution is 0.386. The van der Waals surface area contributed by atoms with Gasteiger partial charge in [0.05, 0.1) is 29.5 Å². The molecule has 2 rings (SSSR count). The van der Waals surface area contributed by atoms with Crippen LogP contribution in [0.5, 0.6) is 5.88 Å². The topological polar surface area (TPSA) is 52.0 Å². The molecule has 6 heteroatoms. The molecule has 5 nitrogen and oxygen atoms in total. The standard InChI is InChI=1S/C13H17BrN4O/c1-4-18-12(10(14)8-17-18)11(15-2)9-6-5-7-16-13(9)19-3/h5-8,11,15H,4H2,1-3H3. The van der Waals surface area contributed by atoms with Crippen LogP contribution in [0.25, 0.3) is 0 Å². The van der Waals surface area contributed by atoms with Crippen molar-refractivity contribution in [1.29, 1.82) is 0 Å². The lowest BCUT2D eigenvalue weighted by atomic mass is 10.1. The molecule has 2 aromatic heterocycles. The molecule has 1 N–H and O–H groups in total. The number of aryl methyl sites for hydroxylation is 1. The number of hydrogen-bond donors (Lipinski definition) is 1. The van der Waals surface area contributed by atoms with Crippen LogP contribution in [0.1, 0.15) is 24.2 Å². The monoisotopic (exact) mass is 324 g/mol. The van der Waals surface area contributed by atoms with Gasteiger partial charge in [0.2, 0.25) is 5.88 Å². The number of aromatic nitrogens is 3. The van der Waals surface area contributed by atoms with Crippen LogP contribution in [0.15, 0.2) is 29.0 Å². The second-order valence-electron chi connectivity index (χ2n) is 4.02. The van der Waals surface area contributed by atoms with E-state index in [1.54, 1.807) is 13.3 Å². The summed E-state index contributed by atoms with van der Waals surface area (Å²) in [6.45, 7) is 2.87. The van der Waals surface area contributed by atoms with Crippen LogP contribution in [-0.4, -0.2) is 28.9 Å². The van der Waals surface area contributed by atoms with Crippen LogP contribution < -0.4 is 10.1 Å². The molecule has 2 aromatic rings. The fraction of sp³-hybridized carbons (Fsp3) is 0.385. The Labute approximate surface area is 121 Å². The number of nitrogens with one attached hydrogen (secondary N) is 1. The van der Waals surface area contributed by atoms with Gasteiger partial charge in [-0.2, -0.15) is 5.10 Å². The van der Waals surface area contributed by atoms with E-state index >= 15 is 0 Å². The minimum absolute atomic E-state index is 0.0273. The summed E-state index contributed by atoms with van der Waals surface area (Å²) in [5, 5.41) is 7.65. The quantitative estimate of drug-likeness (QED) is 0.917. The van der Waals surface area contributed by atoms with E-state index in [9.17, 15) is 0 Å². The van der Waals surface area contributed by atoms with Crippen LogP contribution in [0, 0.1) is 0 Å². The second-order valence-corrected chi connectivity index (χ2v) is 4.87. The first kappa shape index (κ1) is 14.0. The molecule has 1 atom stereocenters. The first-order valence-electron chi connectivity index (χ1n) is 6.10. The maximum atomic E-state index is 5.34. The van der Waals surface area contributed by atoms with Crippen LogP contribution >= 0.6 is 15.9 Å². The smallest absolute Gasteiger partial charge is 0.218 e. The van der Waals surface area contributed by atoms with E-state index < -0.39 is 0 Å². The van der Waals surface area contributed by atoms with Gasteiger partial charge in [-0.3, -0.25) is 4.68 Å². The Morgan fingerprint density at radius 3 is 2.95 bits per heavy atom. The van der Waals surface area contributed by atoms with E-state index in [2.05, 4.69) is 38.3 Å². The molecule has 102 valence electrons. The van der Waals surface area contributed by atoms with E-state index in [1.807, 2.05) is 30.1 Å². The van der Waals surface area contributed by atoms with Crippen molar-refractivity contribution in [2.45, 2.75) is 19.5 Å². The van der Waals surface area contributed by atoms with Gasteiger partial charge in [0.1, 0.15) is 0 Å². The van der Waals surface area contributed by atoms with E-state index in [0.717, 1.165) is 22.3 Å². The summed E-state index contributed by atoms with van der Waals surface area (Å²) in [6.07, 6.45) is 3.53. The number of methoxy groups -OCH3 is 1. The lowest BCUT2D eigenvalue weighted by Crippen LogP contribution is -2.22. The van der Waals surface area contributed by atoms with E-state index in [-0.39, 0.29) is 6.04 Å². The van der Waals surface area contributed by atoms with Crippen molar-refractivity contribution in [2.75, 3.05) is 14.2 Å². The molecule has 0 amide bonds. The van der Waals surface area contributed by atoms with Gasteiger partial charge in [0.15, 0.2) is 0 Å². The van der Waals surface area contributed by atoms with Gasteiger partial charge >= 0.3 is 0 Å². The van der Waals surface area contributed by atoms with E-state index in [0.29, 0.717) is 5.88 Å². The van der Waals surface area contributed by atoms with E-state index in [1.165, 1.54) is 0 Å². The van der Waals surface area contributed by atoms with Crippen LogP contribution in [0.3, 0.4) is 0 Å². The summed E-state index contributed by atoms with van der Waals surface area (Å²) in [6, 6.07) is 3.88. The average Bonchev–Trinajstić information content (AvgIpc) is 2.82. The maximum Gasteiger partial charge on any atom is 0.218 e. The van der Waals surface area contributed by atoms with Crippen molar-refractivity contribution < 1.29 is 4.74 Å². The third-order valence-electron chi connectivity index (χ3n) is 3.00. The van der Waals surface area contributed by atoms with Gasteiger partial charge in [-0.05, 0) is 36.0 Å².